The van der Waals surface area contributed by atoms with E-state index in [0.717, 1.165) is 12.3 Å². The Balaban J connectivity index is 1.52. The average Bonchev–Trinajstić information content (AvgIpc) is 2.80. The van der Waals surface area contributed by atoms with Gasteiger partial charge in [0.25, 0.3) is 0 Å². The number of ether oxygens (including phenoxy) is 2. The van der Waals surface area contributed by atoms with Crippen LogP contribution in [0.5, 0.6) is 0 Å². The number of hydrogen-bond acceptors (Lipinski definition) is 4. The number of hydrogen-bond donors (Lipinski definition) is 0. The monoisotopic (exact) mass is 528 g/mol. The molecule has 0 bridgehead atoms. The molecular weight excluding hydrogens is 472 g/mol. The molecule has 38 heavy (non-hydrogen) atoms. The van der Waals surface area contributed by atoms with Gasteiger partial charge in [-0.3, -0.25) is 9.59 Å². The topological polar surface area (TPSA) is 52.6 Å². The largest absolute Gasteiger partial charge is 0.459 e. The van der Waals surface area contributed by atoms with Crippen molar-refractivity contribution in [2.24, 2.45) is 56.2 Å². The first kappa shape index (κ1) is 28.5. The first-order valence-electron chi connectivity index (χ1n) is 15.8. The number of fused-ring (bicyclic) bond motifs is 7. The van der Waals surface area contributed by atoms with E-state index in [1.54, 1.807) is 0 Å². The highest BCUT2D eigenvalue weighted by molar-refractivity contribution is 5.67. The molecule has 5 saturated carbocycles. The minimum Gasteiger partial charge on any atom is -0.459 e. The van der Waals surface area contributed by atoms with Gasteiger partial charge in [0.1, 0.15) is 12.2 Å². The number of rotatable bonds is 2. The molecular formula is C34H56O4. The van der Waals surface area contributed by atoms with Gasteiger partial charge in [0.2, 0.25) is 0 Å². The lowest BCUT2D eigenvalue weighted by Gasteiger charge is -2.75. The summed E-state index contributed by atoms with van der Waals surface area (Å²) in [6, 6.07) is 0. The Labute approximate surface area is 232 Å². The van der Waals surface area contributed by atoms with Crippen LogP contribution in [0.4, 0.5) is 0 Å². The molecule has 4 heteroatoms. The molecule has 0 radical (unpaired) electrons. The van der Waals surface area contributed by atoms with Crippen LogP contribution in [0, 0.1) is 56.2 Å². The van der Waals surface area contributed by atoms with E-state index in [9.17, 15) is 9.59 Å². The first-order valence-corrected chi connectivity index (χ1v) is 15.8. The minimum absolute atomic E-state index is 0.0716. The van der Waals surface area contributed by atoms with Crippen molar-refractivity contribution in [3.8, 4) is 0 Å². The number of carbonyl (C=O) groups excluding carboxylic acids is 2. The maximum Gasteiger partial charge on any atom is 0.303 e. The van der Waals surface area contributed by atoms with Gasteiger partial charge < -0.3 is 9.47 Å². The summed E-state index contributed by atoms with van der Waals surface area (Å²) in [6.45, 7) is 23.3. The molecule has 5 aliphatic carbocycles. The molecule has 5 fully saturated rings. The highest BCUT2D eigenvalue weighted by Gasteiger charge is 2.71. The fourth-order valence-electron chi connectivity index (χ4n) is 12.0. The fraction of sp³-hybridized carbons (Fsp3) is 0.941. The van der Waals surface area contributed by atoms with Crippen LogP contribution >= 0.6 is 0 Å². The number of carbonyl (C=O) groups is 2. The second-order valence-corrected chi connectivity index (χ2v) is 16.8. The third-order valence-electron chi connectivity index (χ3n) is 14.6. The Bertz CT molecular complexity index is 987. The zero-order valence-electron chi connectivity index (χ0n) is 26.2. The number of esters is 2. The summed E-state index contributed by atoms with van der Waals surface area (Å²) in [5.41, 5.74) is 1.89. The summed E-state index contributed by atoms with van der Waals surface area (Å²) in [4.78, 5) is 24.3. The van der Waals surface area contributed by atoms with E-state index in [2.05, 4.69) is 55.4 Å². The zero-order chi connectivity index (χ0) is 28.1. The van der Waals surface area contributed by atoms with Crippen molar-refractivity contribution in [2.75, 3.05) is 0 Å². The molecule has 5 rings (SSSR count). The van der Waals surface area contributed by atoms with Crippen LogP contribution in [0.1, 0.15) is 133 Å². The van der Waals surface area contributed by atoms with Crippen LogP contribution in [-0.2, 0) is 19.1 Å². The Hall–Kier alpha value is -1.06. The van der Waals surface area contributed by atoms with Gasteiger partial charge in [-0.1, -0.05) is 55.4 Å². The lowest BCUT2D eigenvalue weighted by Crippen LogP contribution is -2.69. The van der Waals surface area contributed by atoms with Gasteiger partial charge in [-0.25, -0.2) is 0 Å². The maximum atomic E-state index is 12.2. The summed E-state index contributed by atoms with van der Waals surface area (Å²) in [6.07, 6.45) is 11.9. The second kappa shape index (κ2) is 8.72. The van der Waals surface area contributed by atoms with Crippen molar-refractivity contribution >= 4 is 11.9 Å². The van der Waals surface area contributed by atoms with Gasteiger partial charge >= 0.3 is 11.9 Å². The van der Waals surface area contributed by atoms with E-state index < -0.39 is 0 Å². The standard InChI is InChI=1S/C34H56O4/c1-21-28(38-23(3)36)24(37-22(2)35)19-26-31(21,7)12-11-25-32(26,8)16-18-34(10)27-20-29(4,5)13-14-30(27,6)15-17-33(25,34)9/h21,24-28H,11-20H2,1-10H3/t21-,24+,25-,26+,27-,28-,30+,31+,32+,33+,34-/m0/s1. The van der Waals surface area contributed by atoms with Crippen LogP contribution in [0.3, 0.4) is 0 Å². The van der Waals surface area contributed by atoms with Crippen molar-refractivity contribution in [3.05, 3.63) is 0 Å². The quantitative estimate of drug-likeness (QED) is 0.338. The average molecular weight is 529 g/mol. The highest BCUT2D eigenvalue weighted by Crippen LogP contribution is 2.78. The highest BCUT2D eigenvalue weighted by atomic mass is 16.6. The van der Waals surface area contributed by atoms with E-state index >= 15 is 0 Å². The fourth-order valence-corrected chi connectivity index (χ4v) is 12.0. The third kappa shape index (κ3) is 3.87. The van der Waals surface area contributed by atoms with Crippen LogP contribution in [-0.4, -0.2) is 24.1 Å². The van der Waals surface area contributed by atoms with Crippen LogP contribution in [0.2, 0.25) is 0 Å². The zero-order valence-corrected chi connectivity index (χ0v) is 26.2. The molecule has 216 valence electrons. The van der Waals surface area contributed by atoms with Crippen LogP contribution < -0.4 is 0 Å². The summed E-state index contributed by atoms with van der Waals surface area (Å²) in [7, 11) is 0. The molecule has 0 N–H and O–H groups in total. The van der Waals surface area contributed by atoms with Crippen molar-refractivity contribution in [1.29, 1.82) is 0 Å². The Morgan fingerprint density at radius 3 is 1.87 bits per heavy atom. The minimum atomic E-state index is -0.359. The van der Waals surface area contributed by atoms with Gasteiger partial charge in [0, 0.05) is 19.8 Å². The summed E-state index contributed by atoms with van der Waals surface area (Å²) >= 11 is 0. The molecule has 5 aliphatic rings. The van der Waals surface area contributed by atoms with Crippen molar-refractivity contribution < 1.29 is 19.1 Å². The van der Waals surface area contributed by atoms with E-state index in [1.807, 2.05) is 0 Å². The molecule has 0 aromatic heterocycles. The third-order valence-corrected chi connectivity index (χ3v) is 14.6. The predicted molar refractivity (Wildman–Crippen MR) is 151 cm³/mol. The molecule has 0 saturated heterocycles. The molecule has 11 atom stereocenters. The molecule has 4 nitrogen and oxygen atoms in total. The summed E-state index contributed by atoms with van der Waals surface area (Å²) < 4.78 is 11.8. The maximum absolute atomic E-state index is 12.2. The molecule has 0 aromatic rings. The van der Waals surface area contributed by atoms with E-state index in [-0.39, 0.29) is 40.9 Å². The lowest BCUT2D eigenvalue weighted by atomic mass is 9.30. The van der Waals surface area contributed by atoms with Crippen molar-refractivity contribution in [3.63, 3.8) is 0 Å². The van der Waals surface area contributed by atoms with E-state index in [0.29, 0.717) is 33.5 Å². The van der Waals surface area contributed by atoms with Gasteiger partial charge in [-0.2, -0.15) is 0 Å². The van der Waals surface area contributed by atoms with Gasteiger partial charge in [-0.05, 0) is 114 Å². The molecule has 0 spiro atoms. The Kier molecular flexibility index (Phi) is 6.53. The second-order valence-electron chi connectivity index (χ2n) is 16.8. The van der Waals surface area contributed by atoms with E-state index in [1.165, 1.54) is 71.6 Å². The normalized spacial score (nSPS) is 53.4. The van der Waals surface area contributed by atoms with Crippen LogP contribution in [0.15, 0.2) is 0 Å². The van der Waals surface area contributed by atoms with Crippen molar-refractivity contribution in [1.82, 2.24) is 0 Å². The smallest absolute Gasteiger partial charge is 0.303 e. The van der Waals surface area contributed by atoms with Crippen LogP contribution in [0.25, 0.3) is 0 Å². The Morgan fingerprint density at radius 2 is 1.24 bits per heavy atom. The van der Waals surface area contributed by atoms with Crippen molar-refractivity contribution in [2.45, 2.75) is 146 Å². The Morgan fingerprint density at radius 1 is 0.658 bits per heavy atom. The van der Waals surface area contributed by atoms with E-state index in [4.69, 9.17) is 9.47 Å². The molecule has 0 heterocycles. The van der Waals surface area contributed by atoms with Gasteiger partial charge in [0.05, 0.1) is 0 Å². The molecule has 0 amide bonds. The first-order chi connectivity index (χ1) is 17.4. The SMILES string of the molecule is CC(=O)O[C@@H]1[C@H](OC(C)=O)C[C@@H]2[C@](C)(CC[C@H]3[C@@]2(C)CC[C@@]2(C)[C@H]4CC(C)(C)CC[C@]4(C)CC[C@]32C)[C@H]1C. The molecule has 0 aliphatic heterocycles. The summed E-state index contributed by atoms with van der Waals surface area (Å²) in [5, 5.41) is 0. The summed E-state index contributed by atoms with van der Waals surface area (Å²) in [5.74, 6) is 1.54. The molecule has 0 aromatic carbocycles. The predicted octanol–water partition coefficient (Wildman–Crippen LogP) is 8.36. The molecule has 0 unspecified atom stereocenters. The lowest BCUT2D eigenvalue weighted by molar-refractivity contribution is -0.273. The van der Waals surface area contributed by atoms with Gasteiger partial charge in [-0.15, -0.1) is 0 Å². The van der Waals surface area contributed by atoms with Gasteiger partial charge in [0.15, 0.2) is 0 Å².